The van der Waals surface area contributed by atoms with Crippen molar-refractivity contribution in [3.63, 3.8) is 0 Å². The van der Waals surface area contributed by atoms with Crippen LogP contribution in [0.3, 0.4) is 0 Å². The molecule has 0 bridgehead atoms. The number of aromatic nitrogens is 2. The number of hydrogen-bond donors (Lipinski definition) is 1. The fourth-order valence-electron chi connectivity index (χ4n) is 1.89. The summed E-state index contributed by atoms with van der Waals surface area (Å²) < 4.78 is 46.4. The highest BCUT2D eigenvalue weighted by Gasteiger charge is 2.37. The highest BCUT2D eigenvalue weighted by molar-refractivity contribution is 7.09. The maximum Gasteiger partial charge on any atom is 0.452 e. The fraction of sp³-hybridized carbons (Fsp3) is 0.818. The van der Waals surface area contributed by atoms with Crippen molar-refractivity contribution >= 4 is 16.7 Å². The summed E-state index contributed by atoms with van der Waals surface area (Å²) in [7, 11) is 0. The van der Waals surface area contributed by atoms with Crippen LogP contribution in [-0.2, 0) is 10.9 Å². The number of hydrogen-bond acceptors (Lipinski definition) is 6. The molecule has 1 unspecified atom stereocenters. The zero-order valence-electron chi connectivity index (χ0n) is 11.3. The molecule has 1 aliphatic heterocycles. The first kappa shape index (κ1) is 15.5. The molecule has 0 aliphatic carbocycles. The summed E-state index contributed by atoms with van der Waals surface area (Å²) in [6.07, 6.45) is -4.49. The lowest BCUT2D eigenvalue weighted by Gasteiger charge is -2.35. The number of alkyl halides is 3. The summed E-state index contributed by atoms with van der Waals surface area (Å²) in [5.41, 5.74) is 0. The Labute approximate surface area is 119 Å². The van der Waals surface area contributed by atoms with Gasteiger partial charge in [-0.15, -0.1) is 0 Å². The van der Waals surface area contributed by atoms with Gasteiger partial charge in [0.25, 0.3) is 0 Å². The normalized spacial score (nSPS) is 20.7. The molecule has 2 heterocycles. The molecule has 5 nitrogen and oxygen atoms in total. The van der Waals surface area contributed by atoms with Crippen LogP contribution in [0.5, 0.6) is 0 Å². The molecule has 20 heavy (non-hydrogen) atoms. The summed E-state index contributed by atoms with van der Waals surface area (Å²) in [6.45, 7) is 6.15. The van der Waals surface area contributed by atoms with Gasteiger partial charge >= 0.3 is 6.18 Å². The smallest absolute Gasteiger partial charge is 0.377 e. The first-order valence-electron chi connectivity index (χ1n) is 6.36. The minimum Gasteiger partial charge on any atom is -0.377 e. The molecule has 1 aliphatic rings. The molecule has 0 saturated carbocycles. The van der Waals surface area contributed by atoms with E-state index in [4.69, 9.17) is 4.74 Å². The Hall–Kier alpha value is -0.930. The molecule has 1 aromatic heterocycles. The summed E-state index contributed by atoms with van der Waals surface area (Å²) in [5, 5.41) is 3.57. The molecule has 0 amide bonds. The van der Waals surface area contributed by atoms with Crippen molar-refractivity contribution in [1.82, 2.24) is 14.7 Å². The van der Waals surface area contributed by atoms with Crippen molar-refractivity contribution in [3.05, 3.63) is 5.82 Å². The van der Waals surface area contributed by atoms with Gasteiger partial charge < -0.3 is 15.0 Å². The van der Waals surface area contributed by atoms with Crippen molar-refractivity contribution in [2.75, 3.05) is 31.2 Å². The quantitative estimate of drug-likeness (QED) is 0.918. The molecule has 1 atom stereocenters. The Bertz CT molecular complexity index is 438. The second-order valence-corrected chi connectivity index (χ2v) is 5.61. The van der Waals surface area contributed by atoms with Gasteiger partial charge in [-0.3, -0.25) is 0 Å². The van der Waals surface area contributed by atoms with E-state index in [1.165, 1.54) is 0 Å². The zero-order chi connectivity index (χ0) is 14.8. The van der Waals surface area contributed by atoms with Crippen LogP contribution < -0.4 is 10.2 Å². The highest BCUT2D eigenvalue weighted by atomic mass is 32.1. The van der Waals surface area contributed by atoms with Gasteiger partial charge in [-0.1, -0.05) is 13.8 Å². The van der Waals surface area contributed by atoms with E-state index in [0.717, 1.165) is 11.5 Å². The molecular weight excluding hydrogens is 293 g/mol. The minimum absolute atomic E-state index is 0.0276. The monoisotopic (exact) mass is 310 g/mol. The van der Waals surface area contributed by atoms with Crippen molar-refractivity contribution in [2.24, 2.45) is 0 Å². The van der Waals surface area contributed by atoms with Crippen LogP contribution in [-0.4, -0.2) is 47.7 Å². The highest BCUT2D eigenvalue weighted by Crippen LogP contribution is 2.31. The molecule has 2 rings (SSSR count). The number of nitrogens with zero attached hydrogens (tertiary/aromatic N) is 3. The predicted molar refractivity (Wildman–Crippen MR) is 70.0 cm³/mol. The molecular formula is C11H17F3N4OS. The molecule has 1 saturated heterocycles. The van der Waals surface area contributed by atoms with Gasteiger partial charge in [0.1, 0.15) is 0 Å². The van der Waals surface area contributed by atoms with Crippen LogP contribution in [0.2, 0.25) is 0 Å². The standard InChI is InChI=1S/C11H17F3N4OS/c1-7(2)15-5-8-6-19-4-3-18(8)10-16-9(17-20-10)11(12,13)14/h7-8,15H,3-6H2,1-2H3. The lowest BCUT2D eigenvalue weighted by Crippen LogP contribution is -2.51. The predicted octanol–water partition coefficient (Wildman–Crippen LogP) is 1.76. The van der Waals surface area contributed by atoms with Crippen LogP contribution in [0.4, 0.5) is 18.3 Å². The lowest BCUT2D eigenvalue weighted by molar-refractivity contribution is -0.144. The molecule has 9 heteroatoms. The van der Waals surface area contributed by atoms with E-state index in [9.17, 15) is 13.2 Å². The van der Waals surface area contributed by atoms with Gasteiger partial charge in [-0.2, -0.15) is 22.5 Å². The number of nitrogens with one attached hydrogen (secondary N) is 1. The second-order valence-electron chi connectivity index (χ2n) is 4.88. The Morgan fingerprint density at radius 1 is 1.50 bits per heavy atom. The van der Waals surface area contributed by atoms with E-state index in [1.807, 2.05) is 18.7 Å². The van der Waals surface area contributed by atoms with Gasteiger partial charge in [0.15, 0.2) is 0 Å². The molecule has 0 radical (unpaired) electrons. The molecule has 0 aromatic carbocycles. The van der Waals surface area contributed by atoms with E-state index in [0.29, 0.717) is 37.5 Å². The molecule has 1 fully saturated rings. The van der Waals surface area contributed by atoms with Gasteiger partial charge in [0.2, 0.25) is 11.0 Å². The molecule has 1 N–H and O–H groups in total. The van der Waals surface area contributed by atoms with Crippen LogP contribution >= 0.6 is 11.5 Å². The summed E-state index contributed by atoms with van der Waals surface area (Å²) in [4.78, 5) is 5.45. The van der Waals surface area contributed by atoms with E-state index in [2.05, 4.69) is 14.7 Å². The maximum atomic E-state index is 12.5. The van der Waals surface area contributed by atoms with E-state index >= 15 is 0 Å². The van der Waals surface area contributed by atoms with Crippen molar-refractivity contribution < 1.29 is 17.9 Å². The van der Waals surface area contributed by atoms with Gasteiger partial charge in [-0.25, -0.2) is 0 Å². The largest absolute Gasteiger partial charge is 0.452 e. The minimum atomic E-state index is -4.49. The Balaban J connectivity index is 2.09. The number of morpholine rings is 1. The van der Waals surface area contributed by atoms with Crippen LogP contribution in [0.15, 0.2) is 0 Å². The Morgan fingerprint density at radius 2 is 2.25 bits per heavy atom. The number of anilines is 1. The zero-order valence-corrected chi connectivity index (χ0v) is 12.1. The number of ether oxygens (including phenoxy) is 1. The SMILES string of the molecule is CC(C)NCC1COCCN1c1nc(C(F)(F)F)ns1. The first-order valence-corrected chi connectivity index (χ1v) is 7.14. The van der Waals surface area contributed by atoms with E-state index in [1.54, 1.807) is 0 Å². The topological polar surface area (TPSA) is 50.3 Å². The average molecular weight is 310 g/mol. The van der Waals surface area contributed by atoms with Crippen molar-refractivity contribution in [3.8, 4) is 0 Å². The maximum absolute atomic E-state index is 12.5. The van der Waals surface area contributed by atoms with E-state index in [-0.39, 0.29) is 6.04 Å². The fourth-order valence-corrected chi connectivity index (χ4v) is 2.68. The van der Waals surface area contributed by atoms with Gasteiger partial charge in [-0.05, 0) is 0 Å². The average Bonchev–Trinajstić information content (AvgIpc) is 2.86. The lowest BCUT2D eigenvalue weighted by atomic mass is 10.2. The number of halogens is 3. The summed E-state index contributed by atoms with van der Waals surface area (Å²) in [5.74, 6) is -1.07. The van der Waals surface area contributed by atoms with Crippen molar-refractivity contribution in [1.29, 1.82) is 0 Å². The molecule has 1 aromatic rings. The first-order chi connectivity index (χ1) is 9.38. The number of rotatable bonds is 4. The van der Waals surface area contributed by atoms with Crippen LogP contribution in [0.25, 0.3) is 0 Å². The van der Waals surface area contributed by atoms with Gasteiger partial charge in [0, 0.05) is 30.7 Å². The third-order valence-electron chi connectivity index (χ3n) is 2.90. The van der Waals surface area contributed by atoms with Crippen LogP contribution in [0.1, 0.15) is 19.7 Å². The summed E-state index contributed by atoms with van der Waals surface area (Å²) >= 11 is 0.782. The Morgan fingerprint density at radius 3 is 2.85 bits per heavy atom. The van der Waals surface area contributed by atoms with Crippen molar-refractivity contribution in [2.45, 2.75) is 32.1 Å². The Kier molecular flexibility index (Phi) is 4.82. The molecule has 0 spiro atoms. The van der Waals surface area contributed by atoms with Crippen LogP contribution in [0, 0.1) is 0 Å². The van der Waals surface area contributed by atoms with Gasteiger partial charge in [0.05, 0.1) is 19.3 Å². The molecule has 114 valence electrons. The third kappa shape index (κ3) is 3.80. The third-order valence-corrected chi connectivity index (χ3v) is 3.66. The van der Waals surface area contributed by atoms with E-state index < -0.39 is 12.0 Å². The summed E-state index contributed by atoms with van der Waals surface area (Å²) in [6, 6.07) is 0.277. The second kappa shape index (κ2) is 6.23.